The molecule has 2 N–H and O–H groups in total. The third-order valence-corrected chi connectivity index (χ3v) is 3.65. The molecular formula is C14H23N3O2. The zero-order chi connectivity index (χ0) is 13.8. The highest BCUT2D eigenvalue weighted by molar-refractivity contribution is 5.62. The highest BCUT2D eigenvalue weighted by Crippen LogP contribution is 2.34. The van der Waals surface area contributed by atoms with Crippen molar-refractivity contribution in [3.8, 4) is 11.5 Å². The Kier molecular flexibility index (Phi) is 4.50. The number of benzene rings is 1. The molecule has 5 heteroatoms. The van der Waals surface area contributed by atoms with Crippen LogP contribution in [0.4, 0.5) is 5.69 Å². The van der Waals surface area contributed by atoms with Gasteiger partial charge in [0.2, 0.25) is 0 Å². The fraction of sp³-hybridized carbons (Fsp3) is 0.571. The molecule has 1 aliphatic rings. The standard InChI is InChI=1S/C14H23N3O2/c1-16-6-7-17(11(9-15)10-16)13-5-4-12(18-2)8-14(13)19-3/h4-5,8,11H,6-7,9-10,15H2,1-3H3. The summed E-state index contributed by atoms with van der Waals surface area (Å²) in [5, 5.41) is 0. The number of anilines is 1. The molecule has 19 heavy (non-hydrogen) atoms. The van der Waals surface area contributed by atoms with Gasteiger partial charge in [0, 0.05) is 32.2 Å². The van der Waals surface area contributed by atoms with Crippen molar-refractivity contribution >= 4 is 5.69 Å². The molecule has 1 unspecified atom stereocenters. The van der Waals surface area contributed by atoms with E-state index in [9.17, 15) is 0 Å². The number of nitrogens with two attached hydrogens (primary N) is 1. The van der Waals surface area contributed by atoms with Crippen molar-refractivity contribution in [3.05, 3.63) is 18.2 Å². The minimum Gasteiger partial charge on any atom is -0.497 e. The summed E-state index contributed by atoms with van der Waals surface area (Å²) in [5.74, 6) is 1.64. The molecule has 0 aliphatic carbocycles. The summed E-state index contributed by atoms with van der Waals surface area (Å²) >= 11 is 0. The van der Waals surface area contributed by atoms with Crippen LogP contribution in [0.3, 0.4) is 0 Å². The van der Waals surface area contributed by atoms with Crippen LogP contribution in [0.15, 0.2) is 18.2 Å². The first-order valence-electron chi connectivity index (χ1n) is 6.57. The lowest BCUT2D eigenvalue weighted by Crippen LogP contribution is -2.55. The number of piperazine rings is 1. The molecule has 1 saturated heterocycles. The van der Waals surface area contributed by atoms with Gasteiger partial charge in [0.15, 0.2) is 0 Å². The Balaban J connectivity index is 2.29. The molecule has 1 fully saturated rings. The number of hydrogen-bond donors (Lipinski definition) is 1. The number of methoxy groups -OCH3 is 2. The van der Waals surface area contributed by atoms with Crippen molar-refractivity contribution < 1.29 is 9.47 Å². The van der Waals surface area contributed by atoms with Gasteiger partial charge in [-0.15, -0.1) is 0 Å². The highest BCUT2D eigenvalue weighted by Gasteiger charge is 2.26. The second-order valence-electron chi connectivity index (χ2n) is 4.88. The van der Waals surface area contributed by atoms with Crippen molar-refractivity contribution in [2.24, 2.45) is 5.73 Å². The molecule has 0 spiro atoms. The van der Waals surface area contributed by atoms with E-state index in [4.69, 9.17) is 15.2 Å². The van der Waals surface area contributed by atoms with E-state index < -0.39 is 0 Å². The highest BCUT2D eigenvalue weighted by atomic mass is 16.5. The molecule has 0 aromatic heterocycles. The van der Waals surface area contributed by atoms with Gasteiger partial charge in [-0.25, -0.2) is 0 Å². The molecule has 106 valence electrons. The van der Waals surface area contributed by atoms with Crippen molar-refractivity contribution in [1.82, 2.24) is 4.90 Å². The zero-order valence-corrected chi connectivity index (χ0v) is 11.9. The van der Waals surface area contributed by atoms with Crippen LogP contribution in [0.25, 0.3) is 0 Å². The van der Waals surface area contributed by atoms with Crippen LogP contribution in [-0.4, -0.2) is 58.4 Å². The molecule has 1 heterocycles. The van der Waals surface area contributed by atoms with Gasteiger partial charge in [-0.2, -0.15) is 0 Å². The summed E-state index contributed by atoms with van der Waals surface area (Å²) in [4.78, 5) is 4.64. The number of rotatable bonds is 4. The van der Waals surface area contributed by atoms with Gasteiger partial charge in [-0.3, -0.25) is 0 Å². The molecule has 0 radical (unpaired) electrons. The van der Waals surface area contributed by atoms with Gasteiger partial charge < -0.3 is 25.0 Å². The number of ether oxygens (including phenoxy) is 2. The molecule has 1 aliphatic heterocycles. The van der Waals surface area contributed by atoms with E-state index in [1.807, 2.05) is 18.2 Å². The molecule has 1 aromatic rings. The van der Waals surface area contributed by atoms with Crippen molar-refractivity contribution in [2.75, 3.05) is 52.3 Å². The van der Waals surface area contributed by atoms with Gasteiger partial charge in [-0.1, -0.05) is 0 Å². The number of nitrogens with zero attached hydrogens (tertiary/aromatic N) is 2. The molecule has 0 bridgehead atoms. The van der Waals surface area contributed by atoms with Crippen LogP contribution in [0, 0.1) is 0 Å². The SMILES string of the molecule is COc1ccc(N2CCN(C)CC2CN)c(OC)c1. The van der Waals surface area contributed by atoms with Gasteiger partial charge >= 0.3 is 0 Å². The summed E-state index contributed by atoms with van der Waals surface area (Å²) in [6, 6.07) is 6.25. The van der Waals surface area contributed by atoms with Gasteiger partial charge in [-0.05, 0) is 19.2 Å². The lowest BCUT2D eigenvalue weighted by molar-refractivity contribution is 0.268. The normalized spacial score (nSPS) is 20.4. The predicted octanol–water partition coefficient (Wildman–Crippen LogP) is 0.783. The average molecular weight is 265 g/mol. The monoisotopic (exact) mass is 265 g/mol. The fourth-order valence-electron chi connectivity index (χ4n) is 2.55. The van der Waals surface area contributed by atoms with Crippen molar-refractivity contribution in [1.29, 1.82) is 0 Å². The molecule has 1 aromatic carbocycles. The van der Waals surface area contributed by atoms with Crippen LogP contribution < -0.4 is 20.1 Å². The fourth-order valence-corrected chi connectivity index (χ4v) is 2.55. The van der Waals surface area contributed by atoms with Crippen LogP contribution in [0.1, 0.15) is 0 Å². The summed E-state index contributed by atoms with van der Waals surface area (Å²) < 4.78 is 10.7. The van der Waals surface area contributed by atoms with Crippen LogP contribution >= 0.6 is 0 Å². The smallest absolute Gasteiger partial charge is 0.145 e. The number of hydrogen-bond acceptors (Lipinski definition) is 5. The maximum atomic E-state index is 5.91. The van der Waals surface area contributed by atoms with E-state index in [-0.39, 0.29) is 0 Å². The Morgan fingerprint density at radius 1 is 1.26 bits per heavy atom. The maximum absolute atomic E-state index is 5.91. The molecule has 2 rings (SSSR count). The second kappa shape index (κ2) is 6.12. The van der Waals surface area contributed by atoms with Gasteiger partial charge in [0.05, 0.1) is 25.9 Å². The quantitative estimate of drug-likeness (QED) is 0.872. The molecule has 5 nitrogen and oxygen atoms in total. The Morgan fingerprint density at radius 2 is 2.05 bits per heavy atom. The molecule has 0 saturated carbocycles. The molecule has 0 amide bonds. The van der Waals surface area contributed by atoms with Crippen LogP contribution in [0.2, 0.25) is 0 Å². The zero-order valence-electron chi connectivity index (χ0n) is 11.9. The maximum Gasteiger partial charge on any atom is 0.145 e. The van der Waals surface area contributed by atoms with E-state index in [1.165, 1.54) is 0 Å². The first kappa shape index (κ1) is 14.0. The van der Waals surface area contributed by atoms with Crippen LogP contribution in [-0.2, 0) is 0 Å². The van der Waals surface area contributed by atoms with Gasteiger partial charge in [0.1, 0.15) is 11.5 Å². The van der Waals surface area contributed by atoms with E-state index in [1.54, 1.807) is 14.2 Å². The minimum absolute atomic E-state index is 0.320. The second-order valence-corrected chi connectivity index (χ2v) is 4.88. The summed E-state index contributed by atoms with van der Waals surface area (Å²) in [7, 11) is 5.48. The van der Waals surface area contributed by atoms with Crippen molar-refractivity contribution in [3.63, 3.8) is 0 Å². The van der Waals surface area contributed by atoms with E-state index in [0.29, 0.717) is 12.6 Å². The lowest BCUT2D eigenvalue weighted by atomic mass is 10.1. The minimum atomic E-state index is 0.320. The lowest BCUT2D eigenvalue weighted by Gasteiger charge is -2.41. The number of likely N-dealkylation sites (N-methyl/N-ethyl adjacent to an activating group) is 1. The predicted molar refractivity (Wildman–Crippen MR) is 77.2 cm³/mol. The summed E-state index contributed by atoms with van der Waals surface area (Å²) in [5.41, 5.74) is 7.00. The average Bonchev–Trinajstić information content (AvgIpc) is 2.46. The van der Waals surface area contributed by atoms with E-state index in [2.05, 4.69) is 16.8 Å². The third-order valence-electron chi connectivity index (χ3n) is 3.65. The molecular weight excluding hydrogens is 242 g/mol. The first-order chi connectivity index (χ1) is 9.19. The van der Waals surface area contributed by atoms with E-state index >= 15 is 0 Å². The summed E-state index contributed by atoms with van der Waals surface area (Å²) in [6.45, 7) is 3.61. The Labute approximate surface area is 114 Å². The first-order valence-corrected chi connectivity index (χ1v) is 6.57. The van der Waals surface area contributed by atoms with Crippen molar-refractivity contribution in [2.45, 2.75) is 6.04 Å². The Hall–Kier alpha value is -1.46. The Morgan fingerprint density at radius 3 is 2.68 bits per heavy atom. The third kappa shape index (κ3) is 2.93. The Bertz CT molecular complexity index is 425. The topological polar surface area (TPSA) is 51.0 Å². The molecule has 1 atom stereocenters. The summed E-state index contributed by atoms with van der Waals surface area (Å²) in [6.07, 6.45) is 0. The van der Waals surface area contributed by atoms with E-state index in [0.717, 1.165) is 36.8 Å². The largest absolute Gasteiger partial charge is 0.497 e. The van der Waals surface area contributed by atoms with Crippen LogP contribution in [0.5, 0.6) is 11.5 Å². The van der Waals surface area contributed by atoms with Gasteiger partial charge in [0.25, 0.3) is 0 Å².